The van der Waals surface area contributed by atoms with Crippen molar-refractivity contribution in [3.8, 4) is 0 Å². The van der Waals surface area contributed by atoms with Crippen molar-refractivity contribution in [2.45, 2.75) is 32.4 Å². The minimum absolute atomic E-state index is 0.0974. The van der Waals surface area contributed by atoms with E-state index in [0.717, 1.165) is 17.9 Å². The Hall–Kier alpha value is -1.62. The molecule has 19 heavy (non-hydrogen) atoms. The fraction of sp³-hybridized carbons (Fsp3) is 0.571. The summed E-state index contributed by atoms with van der Waals surface area (Å²) < 4.78 is 0. The summed E-state index contributed by atoms with van der Waals surface area (Å²) in [7, 11) is 1.82. The number of aliphatic hydroxyl groups is 1. The molecule has 5 heteroatoms. The minimum Gasteiger partial charge on any atom is -0.389 e. The Kier molecular flexibility index (Phi) is 3.49. The van der Waals surface area contributed by atoms with E-state index >= 15 is 0 Å². The molecule has 1 amide bonds. The number of hydrogen-bond acceptors (Lipinski definition) is 4. The lowest BCUT2D eigenvalue weighted by Crippen LogP contribution is -2.62. The van der Waals surface area contributed by atoms with Crippen LogP contribution in [0.5, 0.6) is 0 Å². The second-order valence-corrected chi connectivity index (χ2v) is 5.56. The Labute approximate surface area is 113 Å². The zero-order valence-electron chi connectivity index (χ0n) is 11.9. The third kappa shape index (κ3) is 2.42. The number of piperazine rings is 1. The van der Waals surface area contributed by atoms with Crippen LogP contribution in [0.4, 0.5) is 5.82 Å². The number of aliphatic hydroxyl groups excluding tert-OH is 1. The van der Waals surface area contributed by atoms with E-state index in [4.69, 9.17) is 0 Å². The van der Waals surface area contributed by atoms with E-state index in [-0.39, 0.29) is 5.91 Å². The molecule has 0 bridgehead atoms. The molecule has 2 rings (SSSR count). The quantitative estimate of drug-likeness (QED) is 0.871. The van der Waals surface area contributed by atoms with Gasteiger partial charge in [-0.15, -0.1) is 0 Å². The highest BCUT2D eigenvalue weighted by atomic mass is 16.3. The molecule has 1 aliphatic heterocycles. The fourth-order valence-corrected chi connectivity index (χ4v) is 2.42. The van der Waals surface area contributed by atoms with Gasteiger partial charge in [-0.25, -0.2) is 4.98 Å². The Morgan fingerprint density at radius 2 is 2.05 bits per heavy atom. The number of amides is 1. The van der Waals surface area contributed by atoms with Gasteiger partial charge in [0, 0.05) is 26.3 Å². The molecule has 1 N–H and O–H groups in total. The average molecular weight is 263 g/mol. The fourth-order valence-electron chi connectivity index (χ4n) is 2.42. The molecule has 0 aromatic carbocycles. The molecule has 0 unspecified atom stereocenters. The number of likely N-dealkylation sites (N-methyl/N-ethyl adjacent to an activating group) is 1. The molecule has 1 saturated heterocycles. The van der Waals surface area contributed by atoms with Gasteiger partial charge in [-0.2, -0.15) is 0 Å². The van der Waals surface area contributed by atoms with Crippen LogP contribution in [0.15, 0.2) is 18.3 Å². The number of rotatable bonds is 2. The van der Waals surface area contributed by atoms with Gasteiger partial charge < -0.3 is 14.9 Å². The highest BCUT2D eigenvalue weighted by molar-refractivity contribution is 5.90. The summed E-state index contributed by atoms with van der Waals surface area (Å²) in [5, 5.41) is 9.49. The lowest BCUT2D eigenvalue weighted by atomic mass is 9.97. The van der Waals surface area contributed by atoms with E-state index in [1.165, 1.54) is 0 Å². The van der Waals surface area contributed by atoms with E-state index in [2.05, 4.69) is 4.98 Å². The number of anilines is 1. The van der Waals surface area contributed by atoms with Crippen molar-refractivity contribution < 1.29 is 9.90 Å². The molecule has 1 aliphatic rings. The summed E-state index contributed by atoms with van der Waals surface area (Å²) >= 11 is 0. The Morgan fingerprint density at radius 1 is 1.37 bits per heavy atom. The topological polar surface area (TPSA) is 56.7 Å². The predicted octanol–water partition coefficient (Wildman–Crippen LogP) is 1.19. The summed E-state index contributed by atoms with van der Waals surface area (Å²) in [6.45, 7) is 6.99. The van der Waals surface area contributed by atoms with Crippen LogP contribution in [0.2, 0.25) is 0 Å². The van der Waals surface area contributed by atoms with Gasteiger partial charge in [0.05, 0.1) is 6.10 Å². The van der Waals surface area contributed by atoms with Gasteiger partial charge in [0.15, 0.2) is 0 Å². The first-order valence-corrected chi connectivity index (χ1v) is 6.51. The van der Waals surface area contributed by atoms with Crippen LogP contribution in [-0.4, -0.2) is 46.6 Å². The summed E-state index contributed by atoms with van der Waals surface area (Å²) in [5.74, 6) is 0.871. The van der Waals surface area contributed by atoms with Crippen LogP contribution in [0, 0.1) is 0 Å². The molecule has 0 saturated carbocycles. The normalized spacial score (nSPS) is 20.6. The van der Waals surface area contributed by atoms with E-state index in [9.17, 15) is 9.90 Å². The monoisotopic (exact) mass is 263 g/mol. The van der Waals surface area contributed by atoms with Crippen LogP contribution in [0.25, 0.3) is 0 Å². The Morgan fingerprint density at radius 3 is 2.58 bits per heavy atom. The smallest absolute Gasteiger partial charge is 0.247 e. The van der Waals surface area contributed by atoms with E-state index in [1.807, 2.05) is 37.9 Å². The number of carbonyl (C=O) groups excluding carboxylic acids is 1. The van der Waals surface area contributed by atoms with E-state index in [0.29, 0.717) is 6.54 Å². The van der Waals surface area contributed by atoms with Crippen LogP contribution >= 0.6 is 0 Å². The molecule has 0 spiro atoms. The molecule has 1 fully saturated rings. The van der Waals surface area contributed by atoms with Gasteiger partial charge in [-0.1, -0.05) is 6.07 Å². The second-order valence-electron chi connectivity index (χ2n) is 5.56. The molecule has 0 aliphatic carbocycles. The van der Waals surface area contributed by atoms with Crippen molar-refractivity contribution in [2.75, 3.05) is 25.0 Å². The highest BCUT2D eigenvalue weighted by Gasteiger charge is 2.41. The molecule has 5 nitrogen and oxygen atoms in total. The molecule has 104 valence electrons. The molecular formula is C14H21N3O2. The van der Waals surface area contributed by atoms with Crippen molar-refractivity contribution in [1.29, 1.82) is 0 Å². The molecule has 1 aromatic rings. The maximum absolute atomic E-state index is 12.2. The number of aromatic nitrogens is 1. The number of pyridine rings is 1. The first-order chi connectivity index (χ1) is 8.84. The van der Waals surface area contributed by atoms with Crippen molar-refractivity contribution >= 4 is 11.7 Å². The predicted molar refractivity (Wildman–Crippen MR) is 73.9 cm³/mol. The van der Waals surface area contributed by atoms with Gasteiger partial charge in [-0.05, 0) is 32.4 Å². The maximum atomic E-state index is 12.2. The Balaban J connectivity index is 2.28. The third-order valence-electron chi connectivity index (χ3n) is 3.73. The molecule has 0 radical (unpaired) electrons. The molecule has 2 heterocycles. The van der Waals surface area contributed by atoms with Crippen molar-refractivity contribution in [3.05, 3.63) is 23.9 Å². The number of hydrogen-bond donors (Lipinski definition) is 1. The maximum Gasteiger partial charge on any atom is 0.247 e. The van der Waals surface area contributed by atoms with Gasteiger partial charge in [0.1, 0.15) is 11.4 Å². The summed E-state index contributed by atoms with van der Waals surface area (Å²) in [5.41, 5.74) is 0.189. The molecule has 1 aromatic heterocycles. The zero-order valence-corrected chi connectivity index (χ0v) is 11.9. The largest absolute Gasteiger partial charge is 0.389 e. The van der Waals surface area contributed by atoms with Gasteiger partial charge in [-0.3, -0.25) is 4.79 Å². The first kappa shape index (κ1) is 13.8. The first-order valence-electron chi connectivity index (χ1n) is 6.51. The average Bonchev–Trinajstić information content (AvgIpc) is 2.36. The second kappa shape index (κ2) is 4.81. The van der Waals surface area contributed by atoms with Gasteiger partial charge in [0.25, 0.3) is 0 Å². The number of carbonyl (C=O) groups is 1. The summed E-state index contributed by atoms with van der Waals surface area (Å²) in [6.07, 6.45) is 1.14. The standard InChI is InChI=1S/C14H21N3O2/c1-10(18)11-5-6-12(15-9-11)17-8-7-16(4)13(19)14(17,2)3/h5-6,9-10,18H,7-8H2,1-4H3/t10-/m1/s1. The minimum atomic E-state index is -0.591. The summed E-state index contributed by atoms with van der Waals surface area (Å²) in [4.78, 5) is 20.4. The van der Waals surface area contributed by atoms with Crippen LogP contribution < -0.4 is 4.90 Å². The SMILES string of the molecule is C[C@@H](O)c1ccc(N2CCN(C)C(=O)C2(C)C)nc1. The highest BCUT2D eigenvalue weighted by Crippen LogP contribution is 2.27. The molecule has 1 atom stereocenters. The van der Waals surface area contributed by atoms with Crippen LogP contribution in [0.1, 0.15) is 32.4 Å². The zero-order chi connectivity index (χ0) is 14.2. The third-order valence-corrected chi connectivity index (χ3v) is 3.73. The lowest BCUT2D eigenvalue weighted by molar-refractivity contribution is -0.136. The van der Waals surface area contributed by atoms with E-state index < -0.39 is 11.6 Å². The van der Waals surface area contributed by atoms with Crippen LogP contribution in [-0.2, 0) is 4.79 Å². The Bertz CT molecular complexity index is 468. The van der Waals surface area contributed by atoms with E-state index in [1.54, 1.807) is 18.0 Å². The lowest BCUT2D eigenvalue weighted by Gasteiger charge is -2.45. The van der Waals surface area contributed by atoms with Crippen molar-refractivity contribution in [2.24, 2.45) is 0 Å². The number of nitrogens with zero attached hydrogens (tertiary/aromatic N) is 3. The van der Waals surface area contributed by atoms with Gasteiger partial charge >= 0.3 is 0 Å². The molecular weight excluding hydrogens is 242 g/mol. The van der Waals surface area contributed by atoms with Crippen molar-refractivity contribution in [3.63, 3.8) is 0 Å². The van der Waals surface area contributed by atoms with Gasteiger partial charge in [0.2, 0.25) is 5.91 Å². The summed E-state index contributed by atoms with van der Waals surface area (Å²) in [6, 6.07) is 3.72. The van der Waals surface area contributed by atoms with Crippen molar-refractivity contribution in [1.82, 2.24) is 9.88 Å². The van der Waals surface area contributed by atoms with Crippen LogP contribution in [0.3, 0.4) is 0 Å².